The van der Waals surface area contributed by atoms with Gasteiger partial charge in [0.15, 0.2) is 5.78 Å². The summed E-state index contributed by atoms with van der Waals surface area (Å²) in [6.45, 7) is 4.00. The van der Waals surface area contributed by atoms with Gasteiger partial charge in [0.1, 0.15) is 0 Å². The Morgan fingerprint density at radius 1 is 1.37 bits per heavy atom. The lowest BCUT2D eigenvalue weighted by molar-refractivity contribution is 0.0979. The van der Waals surface area contributed by atoms with Crippen LogP contribution in [0.4, 0.5) is 5.69 Å². The fourth-order valence-corrected chi connectivity index (χ4v) is 3.05. The highest BCUT2D eigenvalue weighted by molar-refractivity contribution is 9.10. The van der Waals surface area contributed by atoms with E-state index in [1.807, 2.05) is 37.3 Å². The number of aryl methyl sites for hydroxylation is 1. The zero-order chi connectivity index (χ0) is 13.8. The highest BCUT2D eigenvalue weighted by atomic mass is 79.9. The van der Waals surface area contributed by atoms with Gasteiger partial charge in [-0.15, -0.1) is 11.3 Å². The van der Waals surface area contributed by atoms with Crippen LogP contribution in [0.1, 0.15) is 29.1 Å². The maximum Gasteiger partial charge on any atom is 0.194 e. The molecule has 2 nitrogen and oxygen atoms in total. The minimum Gasteiger partial charge on any atom is -0.375 e. The van der Waals surface area contributed by atoms with Gasteiger partial charge in [-0.3, -0.25) is 4.79 Å². The van der Waals surface area contributed by atoms with Gasteiger partial charge < -0.3 is 5.32 Å². The smallest absolute Gasteiger partial charge is 0.194 e. The number of anilines is 1. The van der Waals surface area contributed by atoms with Gasteiger partial charge in [0.05, 0.1) is 10.9 Å². The van der Waals surface area contributed by atoms with Gasteiger partial charge in [-0.25, -0.2) is 0 Å². The third-order valence-electron chi connectivity index (χ3n) is 2.93. The lowest BCUT2D eigenvalue weighted by Crippen LogP contribution is -2.25. The average molecular weight is 338 g/mol. The van der Waals surface area contributed by atoms with E-state index in [-0.39, 0.29) is 11.8 Å². The summed E-state index contributed by atoms with van der Waals surface area (Å²) in [5.74, 6) is 0.146. The van der Waals surface area contributed by atoms with Crippen molar-refractivity contribution < 1.29 is 4.79 Å². The third kappa shape index (κ3) is 3.67. The van der Waals surface area contributed by atoms with Crippen LogP contribution in [0, 0.1) is 0 Å². The molecule has 4 heteroatoms. The Kier molecular flexibility index (Phi) is 4.77. The van der Waals surface area contributed by atoms with Gasteiger partial charge in [-0.1, -0.05) is 22.9 Å². The van der Waals surface area contributed by atoms with E-state index in [1.165, 1.54) is 16.9 Å². The maximum absolute atomic E-state index is 12.3. The van der Waals surface area contributed by atoms with Crippen molar-refractivity contribution in [2.75, 3.05) is 5.32 Å². The summed E-state index contributed by atoms with van der Waals surface area (Å²) in [6.07, 6.45) is 0.971. The number of ketones is 1. The topological polar surface area (TPSA) is 29.1 Å². The fourth-order valence-electron chi connectivity index (χ4n) is 1.77. The predicted molar refractivity (Wildman–Crippen MR) is 85.3 cm³/mol. The zero-order valence-corrected chi connectivity index (χ0v) is 13.3. The van der Waals surface area contributed by atoms with Crippen molar-refractivity contribution in [2.45, 2.75) is 26.3 Å². The summed E-state index contributed by atoms with van der Waals surface area (Å²) in [5.41, 5.74) is 2.18. The van der Waals surface area contributed by atoms with Crippen LogP contribution >= 0.6 is 27.3 Å². The van der Waals surface area contributed by atoms with Gasteiger partial charge in [0.2, 0.25) is 0 Å². The zero-order valence-electron chi connectivity index (χ0n) is 10.9. The molecule has 0 aliphatic carbocycles. The Bertz CT molecular complexity index is 562. The molecule has 1 aromatic carbocycles. The summed E-state index contributed by atoms with van der Waals surface area (Å²) in [5, 5.41) is 5.29. The Balaban J connectivity index is 2.04. The Morgan fingerprint density at radius 3 is 2.63 bits per heavy atom. The number of carbonyl (C=O) groups is 1. The van der Waals surface area contributed by atoms with Crippen molar-refractivity contribution in [3.05, 3.63) is 50.6 Å². The Morgan fingerprint density at radius 2 is 2.05 bits per heavy atom. The minimum absolute atomic E-state index is 0.146. The number of carbonyl (C=O) groups excluding carboxylic acids is 1. The van der Waals surface area contributed by atoms with Crippen LogP contribution in [0.25, 0.3) is 0 Å². The van der Waals surface area contributed by atoms with Crippen molar-refractivity contribution in [2.24, 2.45) is 0 Å². The molecule has 0 aliphatic rings. The van der Waals surface area contributed by atoms with Crippen molar-refractivity contribution in [3.63, 3.8) is 0 Å². The molecule has 19 heavy (non-hydrogen) atoms. The molecule has 0 saturated carbocycles. The predicted octanol–water partition coefficient (Wildman–Crippen LogP) is 4.76. The van der Waals surface area contributed by atoms with E-state index in [4.69, 9.17) is 0 Å². The monoisotopic (exact) mass is 337 g/mol. The number of hydrogen-bond acceptors (Lipinski definition) is 3. The summed E-state index contributed by atoms with van der Waals surface area (Å²) < 4.78 is 1.03. The number of hydrogen-bond donors (Lipinski definition) is 1. The number of halogens is 1. The molecular weight excluding hydrogens is 322 g/mol. The first-order valence-corrected chi connectivity index (χ1v) is 7.91. The largest absolute Gasteiger partial charge is 0.375 e. The first-order chi connectivity index (χ1) is 9.10. The van der Waals surface area contributed by atoms with E-state index in [2.05, 4.69) is 33.6 Å². The van der Waals surface area contributed by atoms with Crippen LogP contribution in [0.5, 0.6) is 0 Å². The molecule has 0 aliphatic heterocycles. The number of nitrogens with one attached hydrogen (secondary N) is 1. The van der Waals surface area contributed by atoms with E-state index in [0.29, 0.717) is 0 Å². The fraction of sp³-hybridized carbons (Fsp3) is 0.267. The molecule has 0 bridgehead atoms. The Hall–Kier alpha value is -1.13. The average Bonchev–Trinajstić information content (AvgIpc) is 2.89. The quantitative estimate of drug-likeness (QED) is 0.797. The molecule has 100 valence electrons. The standard InChI is InChI=1S/C15H16BrNOS/c1-3-11-8-14(19-9-11)15(18)10(2)17-13-6-4-12(16)5-7-13/h4-10,17H,3H2,1-2H3. The number of Topliss-reactive ketones (excluding diaryl/α,β-unsaturated/α-hetero) is 1. The van der Waals surface area contributed by atoms with Crippen molar-refractivity contribution in [3.8, 4) is 0 Å². The van der Waals surface area contributed by atoms with Crippen LogP contribution in [-0.2, 0) is 6.42 Å². The van der Waals surface area contributed by atoms with Crippen LogP contribution in [0.15, 0.2) is 40.2 Å². The second-order valence-corrected chi connectivity index (χ2v) is 6.24. The molecule has 2 aromatic rings. The van der Waals surface area contributed by atoms with E-state index < -0.39 is 0 Å². The molecule has 0 spiro atoms. The second kappa shape index (κ2) is 6.35. The number of thiophene rings is 1. The second-order valence-electron chi connectivity index (χ2n) is 4.41. The lowest BCUT2D eigenvalue weighted by Gasteiger charge is -2.13. The van der Waals surface area contributed by atoms with Crippen molar-refractivity contribution in [1.29, 1.82) is 0 Å². The van der Waals surface area contributed by atoms with Crippen LogP contribution in [0.3, 0.4) is 0 Å². The van der Waals surface area contributed by atoms with E-state index >= 15 is 0 Å². The third-order valence-corrected chi connectivity index (χ3v) is 4.45. The molecule has 1 unspecified atom stereocenters. The van der Waals surface area contributed by atoms with Crippen LogP contribution in [0.2, 0.25) is 0 Å². The molecule has 1 atom stereocenters. The van der Waals surface area contributed by atoms with E-state index in [9.17, 15) is 4.79 Å². The number of rotatable bonds is 5. The maximum atomic E-state index is 12.3. The Labute approximate surface area is 126 Å². The van der Waals surface area contributed by atoms with E-state index in [0.717, 1.165) is 21.5 Å². The first kappa shape index (κ1) is 14.3. The summed E-state index contributed by atoms with van der Waals surface area (Å²) in [6, 6.07) is 9.61. The summed E-state index contributed by atoms with van der Waals surface area (Å²) in [7, 11) is 0. The summed E-state index contributed by atoms with van der Waals surface area (Å²) >= 11 is 4.92. The molecule has 0 amide bonds. The molecule has 2 rings (SSSR count). The number of benzene rings is 1. The van der Waals surface area contributed by atoms with Gasteiger partial charge in [-0.2, -0.15) is 0 Å². The SMILES string of the molecule is CCc1csc(C(=O)C(C)Nc2ccc(Br)cc2)c1. The molecule has 0 fully saturated rings. The van der Waals surface area contributed by atoms with Crippen LogP contribution < -0.4 is 5.32 Å². The molecule has 1 N–H and O–H groups in total. The molecule has 1 heterocycles. The van der Waals surface area contributed by atoms with Crippen LogP contribution in [-0.4, -0.2) is 11.8 Å². The molecule has 0 radical (unpaired) electrons. The van der Waals surface area contributed by atoms with Gasteiger partial charge in [0, 0.05) is 10.2 Å². The van der Waals surface area contributed by atoms with Gasteiger partial charge in [-0.05, 0) is 54.6 Å². The molecular formula is C15H16BrNOS. The first-order valence-electron chi connectivity index (χ1n) is 6.24. The van der Waals surface area contributed by atoms with E-state index in [1.54, 1.807) is 0 Å². The highest BCUT2D eigenvalue weighted by Crippen LogP contribution is 2.19. The highest BCUT2D eigenvalue weighted by Gasteiger charge is 2.16. The minimum atomic E-state index is -0.218. The normalized spacial score (nSPS) is 12.2. The van der Waals surface area contributed by atoms with Gasteiger partial charge >= 0.3 is 0 Å². The van der Waals surface area contributed by atoms with Gasteiger partial charge in [0.25, 0.3) is 0 Å². The van der Waals surface area contributed by atoms with Crippen molar-refractivity contribution >= 4 is 38.7 Å². The molecule has 1 aromatic heterocycles. The summed E-state index contributed by atoms with van der Waals surface area (Å²) in [4.78, 5) is 13.1. The lowest BCUT2D eigenvalue weighted by atomic mass is 10.1. The van der Waals surface area contributed by atoms with Crippen molar-refractivity contribution in [1.82, 2.24) is 0 Å². The molecule has 0 saturated heterocycles.